The third-order valence-corrected chi connectivity index (χ3v) is 1.75. The van der Waals surface area contributed by atoms with E-state index in [4.69, 9.17) is 0 Å². The molecule has 0 amide bonds. The van der Waals surface area contributed by atoms with Gasteiger partial charge < -0.3 is 5.11 Å². The predicted octanol–water partition coefficient (Wildman–Crippen LogP) is -2.87. The summed E-state index contributed by atoms with van der Waals surface area (Å²) in [5.74, 6) is -3.54. The Bertz CT molecular complexity index is 612. The van der Waals surface area contributed by atoms with Crippen molar-refractivity contribution in [2.75, 3.05) is 0 Å². The molecular weight excluding hydrogens is 270 g/mol. The average Bonchev–Trinajstić information content (AvgIpc) is 2.61. The van der Waals surface area contributed by atoms with Gasteiger partial charge in [-0.15, -0.1) is 5.10 Å². The number of fused-ring (bicyclic) bond motifs is 1. The first-order chi connectivity index (χ1) is 7.80. The van der Waals surface area contributed by atoms with Crippen LogP contribution < -0.4 is 34.7 Å². The van der Waals surface area contributed by atoms with E-state index in [1.807, 2.05) is 0 Å². The van der Waals surface area contributed by atoms with Crippen molar-refractivity contribution in [2.24, 2.45) is 0 Å². The van der Waals surface area contributed by atoms with Crippen molar-refractivity contribution in [1.82, 2.24) is 19.6 Å². The zero-order valence-corrected chi connectivity index (χ0v) is 10.7. The molecule has 0 aliphatic rings. The van der Waals surface area contributed by atoms with Gasteiger partial charge in [0.1, 0.15) is 6.20 Å². The Balaban J connectivity index is 0.00000162. The van der Waals surface area contributed by atoms with Crippen molar-refractivity contribution in [3.05, 3.63) is 22.1 Å². The molecule has 0 atom stereocenters. The summed E-state index contributed by atoms with van der Waals surface area (Å²) >= 11 is 0. The van der Waals surface area contributed by atoms with E-state index in [2.05, 4.69) is 15.1 Å². The van der Waals surface area contributed by atoms with Gasteiger partial charge in [-0.1, -0.05) is 0 Å². The third kappa shape index (κ3) is 2.37. The van der Waals surface area contributed by atoms with Crippen LogP contribution in [-0.4, -0.2) is 24.5 Å². The van der Waals surface area contributed by atoms with Gasteiger partial charge in [-0.3, -0.25) is 10.1 Å². The molecule has 0 aromatic carbocycles. The largest absolute Gasteiger partial charge is 1.00 e. The summed E-state index contributed by atoms with van der Waals surface area (Å²) in [6, 6.07) is 0. The molecule has 2 aromatic heterocycles. The van der Waals surface area contributed by atoms with Crippen LogP contribution >= 0.6 is 0 Å². The Kier molecular flexibility index (Phi) is 3.78. The molecule has 0 bridgehead atoms. The average molecular weight is 271 g/mol. The molecule has 0 unspecified atom stereocenters. The molecule has 0 saturated heterocycles. The van der Waals surface area contributed by atoms with Crippen LogP contribution in [-0.2, 0) is 6.18 Å². The third-order valence-electron chi connectivity index (χ3n) is 1.75. The molecule has 0 N–H and O–H groups in total. The van der Waals surface area contributed by atoms with Crippen molar-refractivity contribution >= 4 is 11.5 Å². The van der Waals surface area contributed by atoms with Crippen LogP contribution in [0.1, 0.15) is 5.82 Å². The molecule has 0 aliphatic heterocycles. The fraction of sp³-hybridized carbons (Fsp3) is 0.167. The summed E-state index contributed by atoms with van der Waals surface area (Å²) in [5, 5.41) is 24.5. The normalized spacial score (nSPS) is 11.3. The van der Waals surface area contributed by atoms with Gasteiger partial charge in [0.05, 0.1) is 10.8 Å². The molecule has 12 heteroatoms. The van der Waals surface area contributed by atoms with Crippen molar-refractivity contribution in [2.45, 2.75) is 6.18 Å². The van der Waals surface area contributed by atoms with Gasteiger partial charge in [-0.05, 0) is 0 Å². The standard InChI is InChI=1S/C6H2F3N5O3.Na/c7-6(8,9)4-11-5-10-1-2(14(16)17)3(15)13(5)12-4;/h1,15H;/q;+1/p-1. The van der Waals surface area contributed by atoms with Crippen LogP contribution in [0.5, 0.6) is 5.88 Å². The van der Waals surface area contributed by atoms with Crippen LogP contribution in [0.25, 0.3) is 5.78 Å². The van der Waals surface area contributed by atoms with E-state index in [-0.39, 0.29) is 34.1 Å². The van der Waals surface area contributed by atoms with Gasteiger partial charge in [-0.2, -0.15) is 18.2 Å². The Morgan fingerprint density at radius 3 is 2.50 bits per heavy atom. The Morgan fingerprint density at radius 1 is 1.39 bits per heavy atom. The van der Waals surface area contributed by atoms with Gasteiger partial charge in [0.25, 0.3) is 17.3 Å². The van der Waals surface area contributed by atoms with E-state index in [0.29, 0.717) is 6.20 Å². The van der Waals surface area contributed by atoms with Crippen LogP contribution in [0.4, 0.5) is 18.9 Å². The van der Waals surface area contributed by atoms with E-state index >= 15 is 0 Å². The van der Waals surface area contributed by atoms with Crippen LogP contribution in [0, 0.1) is 10.1 Å². The number of alkyl halides is 3. The summed E-state index contributed by atoms with van der Waals surface area (Å²) in [6.07, 6.45) is -4.32. The minimum Gasteiger partial charge on any atom is -0.854 e. The number of hydrogen-bond acceptors (Lipinski definition) is 6. The second-order valence-electron chi connectivity index (χ2n) is 2.85. The fourth-order valence-corrected chi connectivity index (χ4v) is 1.05. The van der Waals surface area contributed by atoms with Crippen molar-refractivity contribution in [3.63, 3.8) is 0 Å². The molecule has 0 spiro atoms. The van der Waals surface area contributed by atoms with Crippen LogP contribution in [0.3, 0.4) is 0 Å². The monoisotopic (exact) mass is 271 g/mol. The topological polar surface area (TPSA) is 109 Å². The predicted molar refractivity (Wildman–Crippen MR) is 41.9 cm³/mol. The van der Waals surface area contributed by atoms with Crippen molar-refractivity contribution < 1.29 is 52.8 Å². The van der Waals surface area contributed by atoms with Crippen LogP contribution in [0.2, 0.25) is 0 Å². The number of halogens is 3. The van der Waals surface area contributed by atoms with E-state index in [9.17, 15) is 28.4 Å². The minimum absolute atomic E-state index is 0. The van der Waals surface area contributed by atoms with Gasteiger partial charge in [0.15, 0.2) is 0 Å². The maximum atomic E-state index is 12.2. The SMILES string of the molecule is O=[N+]([O-])c1cnc2nc(C(F)(F)F)nn2c1[O-].[Na+]. The van der Waals surface area contributed by atoms with Crippen molar-refractivity contribution in [1.29, 1.82) is 0 Å². The van der Waals surface area contributed by atoms with Gasteiger partial charge in [-0.25, -0.2) is 9.50 Å². The summed E-state index contributed by atoms with van der Waals surface area (Å²) in [5.41, 5.74) is -0.976. The molecule has 0 radical (unpaired) electrons. The first kappa shape index (κ1) is 14.6. The summed E-state index contributed by atoms with van der Waals surface area (Å²) in [7, 11) is 0. The molecule has 8 nitrogen and oxygen atoms in total. The fourth-order valence-electron chi connectivity index (χ4n) is 1.05. The molecular formula is C6HF3N5NaO3. The minimum atomic E-state index is -4.85. The molecule has 0 fully saturated rings. The summed E-state index contributed by atoms with van der Waals surface area (Å²) < 4.78 is 36.8. The molecule has 0 saturated carbocycles. The summed E-state index contributed by atoms with van der Waals surface area (Å²) in [4.78, 5) is 15.5. The first-order valence-corrected chi connectivity index (χ1v) is 3.95. The van der Waals surface area contributed by atoms with E-state index < -0.39 is 34.3 Å². The molecule has 18 heavy (non-hydrogen) atoms. The second-order valence-corrected chi connectivity index (χ2v) is 2.85. The first-order valence-electron chi connectivity index (χ1n) is 3.95. The maximum Gasteiger partial charge on any atom is 1.00 e. The van der Waals surface area contributed by atoms with E-state index in [0.717, 1.165) is 0 Å². The van der Waals surface area contributed by atoms with E-state index in [1.165, 1.54) is 0 Å². The number of nitro groups is 1. The number of aromatic nitrogens is 4. The Hall–Kier alpha value is -1.46. The second kappa shape index (κ2) is 4.66. The van der Waals surface area contributed by atoms with Crippen molar-refractivity contribution in [3.8, 4) is 5.88 Å². The molecule has 2 rings (SSSR count). The quantitative estimate of drug-likeness (QED) is 0.313. The molecule has 90 valence electrons. The maximum absolute atomic E-state index is 12.2. The molecule has 2 heterocycles. The summed E-state index contributed by atoms with van der Waals surface area (Å²) in [6.45, 7) is 0. The van der Waals surface area contributed by atoms with Gasteiger partial charge in [0, 0.05) is 0 Å². The van der Waals surface area contributed by atoms with Gasteiger partial charge >= 0.3 is 35.7 Å². The Morgan fingerprint density at radius 2 is 2.00 bits per heavy atom. The van der Waals surface area contributed by atoms with Crippen LogP contribution in [0.15, 0.2) is 6.20 Å². The zero-order valence-electron chi connectivity index (χ0n) is 8.67. The molecule has 0 aliphatic carbocycles. The van der Waals surface area contributed by atoms with Gasteiger partial charge in [0.2, 0.25) is 0 Å². The zero-order chi connectivity index (χ0) is 12.8. The number of rotatable bonds is 1. The smallest absolute Gasteiger partial charge is 0.854 e. The number of nitrogens with zero attached hydrogens (tertiary/aromatic N) is 5. The van der Waals surface area contributed by atoms with E-state index in [1.54, 1.807) is 0 Å². The number of hydrogen-bond donors (Lipinski definition) is 0. The Labute approximate surface area is 118 Å². The molecule has 2 aromatic rings.